The van der Waals surface area contributed by atoms with Crippen LogP contribution in [-0.4, -0.2) is 76.9 Å². The second-order valence-electron chi connectivity index (χ2n) is 27.9. The van der Waals surface area contributed by atoms with E-state index in [1.165, 1.54) is 66.3 Å². The quantitative estimate of drug-likeness (QED) is 0.0143. The van der Waals surface area contributed by atoms with Crippen LogP contribution in [0.1, 0.15) is 171 Å². The zero-order chi connectivity index (χ0) is 74.8. The van der Waals surface area contributed by atoms with Crippen LogP contribution in [0.25, 0.3) is 10.3 Å². The molecule has 4 aliphatic carbocycles. The number of ether oxygens (including phenoxy) is 4. The zero-order valence-corrected chi connectivity index (χ0v) is 61.1. The molecule has 0 amide bonds. The number of carbonyl (C=O) groups is 4. The lowest BCUT2D eigenvalue weighted by molar-refractivity contribution is -0.357. The molecule has 5 aromatic carbocycles. The maximum atomic E-state index is 13.0. The molecule has 9 unspecified atom stereocenters. The third-order valence-corrected chi connectivity index (χ3v) is 24.3. The van der Waals surface area contributed by atoms with Gasteiger partial charge < -0.3 is 33.0 Å². The van der Waals surface area contributed by atoms with E-state index in [1.807, 2.05) is 48.5 Å². The summed E-state index contributed by atoms with van der Waals surface area (Å²) >= 11 is 1.03. The second kappa shape index (κ2) is 33.2. The van der Waals surface area contributed by atoms with Crippen LogP contribution in [-0.2, 0) is 61.0 Å². The summed E-state index contributed by atoms with van der Waals surface area (Å²) in [5.74, 6) is 1.95. The van der Waals surface area contributed by atoms with Crippen LogP contribution in [0.2, 0.25) is 0 Å². The minimum absolute atomic E-state index is 0.0146. The summed E-state index contributed by atoms with van der Waals surface area (Å²) < 4.78 is 158. The molecule has 25 heteroatoms. The number of aliphatic hydroxyl groups is 1. The Morgan fingerprint density at radius 2 is 1.11 bits per heavy atom. The highest BCUT2D eigenvalue weighted by Gasteiger charge is 2.77. The highest BCUT2D eigenvalue weighted by Crippen LogP contribution is 2.71. The Kier molecular flexibility index (Phi) is 27.3. The molecule has 4 aliphatic rings. The summed E-state index contributed by atoms with van der Waals surface area (Å²) in [6.45, 7) is 22.3. The highest BCUT2D eigenvalue weighted by atomic mass is 32.2. The van der Waals surface area contributed by atoms with E-state index >= 15 is 0 Å². The van der Waals surface area contributed by atoms with Crippen molar-refractivity contribution in [3.63, 3.8) is 0 Å². The van der Waals surface area contributed by atoms with Gasteiger partial charge in [-0.25, -0.2) is 18.0 Å². The average molecular weight is 1470 g/mol. The Morgan fingerprint density at radius 1 is 0.640 bits per heavy atom. The maximum absolute atomic E-state index is 13.0. The van der Waals surface area contributed by atoms with Gasteiger partial charge in [-0.15, -0.1) is 0 Å². The van der Waals surface area contributed by atoms with Gasteiger partial charge in [0.05, 0.1) is 31.8 Å². The molecule has 0 spiro atoms. The van der Waals surface area contributed by atoms with Gasteiger partial charge in [-0.05, 0) is 208 Å². The lowest BCUT2D eigenvalue weighted by Gasteiger charge is -2.46. The molecule has 0 saturated heterocycles. The largest absolute Gasteiger partial charge is 0.743 e. The van der Waals surface area contributed by atoms with Gasteiger partial charge in [0.1, 0.15) is 18.0 Å². The smallest absolute Gasteiger partial charge is 0.437 e. The van der Waals surface area contributed by atoms with Gasteiger partial charge in [0.25, 0.3) is 0 Å². The molecule has 9 atom stereocenters. The first-order valence-electron chi connectivity index (χ1n) is 33.5. The Morgan fingerprint density at radius 3 is 1.56 bits per heavy atom. The van der Waals surface area contributed by atoms with Crippen molar-refractivity contribution in [2.45, 2.75) is 216 Å². The van der Waals surface area contributed by atoms with E-state index in [9.17, 15) is 72.1 Å². The number of hydrogen-bond donors (Lipinski definition) is 1. The van der Waals surface area contributed by atoms with Crippen molar-refractivity contribution >= 4 is 66.5 Å². The Labute approximate surface area is 587 Å². The number of hydrogen-bond acceptors (Lipinski definition) is 15. The first kappa shape index (κ1) is 82.3. The van der Waals surface area contributed by atoms with Crippen LogP contribution in [0.3, 0.4) is 0 Å². The second-order valence-corrected chi connectivity index (χ2v) is 32.4. The summed E-state index contributed by atoms with van der Waals surface area (Å²) in [6.07, 6.45) is -4.16. The monoisotopic (exact) mass is 1460 g/mol. The summed E-state index contributed by atoms with van der Waals surface area (Å²) in [5.41, 5.74) is -5.99. The fourth-order valence-corrected chi connectivity index (χ4v) is 15.9. The number of esters is 4. The molecule has 1 N–H and O–H groups in total. The van der Waals surface area contributed by atoms with Crippen molar-refractivity contribution in [2.24, 2.45) is 51.8 Å². The third-order valence-electron chi connectivity index (χ3n) is 20.3. The first-order valence-corrected chi connectivity index (χ1v) is 37.0. The van der Waals surface area contributed by atoms with E-state index in [-0.39, 0.29) is 50.3 Å². The fraction of sp³-hybridized carbons (Fsp3) is 0.533. The summed E-state index contributed by atoms with van der Waals surface area (Å²) in [6, 6.07) is 43.2. The van der Waals surface area contributed by atoms with E-state index in [1.54, 1.807) is 37.3 Å². The van der Waals surface area contributed by atoms with Gasteiger partial charge in [0.2, 0.25) is 0 Å². The molecular formula is C75H92F8O14S3. The lowest BCUT2D eigenvalue weighted by atomic mass is 9.65. The highest BCUT2D eigenvalue weighted by molar-refractivity contribution is 7.97. The van der Waals surface area contributed by atoms with Gasteiger partial charge in [-0.2, -0.15) is 35.1 Å². The van der Waals surface area contributed by atoms with Gasteiger partial charge >= 0.3 is 52.0 Å². The van der Waals surface area contributed by atoms with Crippen LogP contribution in [0.5, 0.6) is 5.75 Å². The predicted molar refractivity (Wildman–Crippen MR) is 365 cm³/mol. The minimum Gasteiger partial charge on any atom is -0.743 e. The number of carbonyl (C=O) groups excluding carboxylic acids is 4. The average Bonchev–Trinajstić information content (AvgIpc) is 1.53. The van der Waals surface area contributed by atoms with Gasteiger partial charge in [-0.3, -0.25) is 14.4 Å². The molecule has 4 bridgehead atoms. The van der Waals surface area contributed by atoms with E-state index in [4.69, 9.17) is 19.0 Å². The van der Waals surface area contributed by atoms with Crippen molar-refractivity contribution in [1.29, 1.82) is 0 Å². The van der Waals surface area contributed by atoms with E-state index in [2.05, 4.69) is 114 Å². The van der Waals surface area contributed by atoms with E-state index in [0.29, 0.717) is 37.0 Å². The first-order chi connectivity index (χ1) is 46.5. The van der Waals surface area contributed by atoms with Crippen molar-refractivity contribution in [1.82, 2.24) is 0 Å². The van der Waals surface area contributed by atoms with E-state index < -0.39 is 68.8 Å². The molecule has 6 aromatic rings. The fourth-order valence-electron chi connectivity index (χ4n) is 12.7. The zero-order valence-electron chi connectivity index (χ0n) is 58.6. The normalized spacial score (nSPS) is 20.9. The number of fused-ring (bicyclic) bond motifs is 10. The number of halogens is 8. The molecule has 0 radical (unpaired) electrons. The molecule has 1 aromatic heterocycles. The van der Waals surface area contributed by atoms with Crippen molar-refractivity contribution in [3.8, 4) is 5.75 Å². The van der Waals surface area contributed by atoms with Gasteiger partial charge in [-0.1, -0.05) is 132 Å². The molecular weight excluding hydrogens is 1370 g/mol. The van der Waals surface area contributed by atoms with Crippen molar-refractivity contribution in [2.75, 3.05) is 0 Å². The molecule has 4 saturated carbocycles. The van der Waals surface area contributed by atoms with Crippen LogP contribution < -0.4 is 9.68 Å². The molecule has 10 rings (SSSR count). The number of alkyl halides is 8. The van der Waals surface area contributed by atoms with Crippen LogP contribution in [0.4, 0.5) is 35.1 Å². The Balaban J connectivity index is 0.000000198. The number of benzene rings is 5. The third kappa shape index (κ3) is 19.1. The van der Waals surface area contributed by atoms with Gasteiger partial charge in [0, 0.05) is 12.0 Å². The summed E-state index contributed by atoms with van der Waals surface area (Å²) in [7, 11) is -5.87. The minimum atomic E-state index is -6.25. The van der Waals surface area contributed by atoms with E-state index in [0.717, 1.165) is 76.9 Å². The molecule has 100 heavy (non-hydrogen) atoms. The molecule has 550 valence electrons. The Hall–Kier alpha value is -6.67. The molecule has 0 aliphatic heterocycles. The summed E-state index contributed by atoms with van der Waals surface area (Å²) in [5, 5.41) is 4.22. The Bertz CT molecular complexity index is 3750. The lowest BCUT2D eigenvalue weighted by Crippen LogP contribution is -2.62. The number of rotatable bonds is 20. The predicted octanol–water partition coefficient (Wildman–Crippen LogP) is 18.4. The summed E-state index contributed by atoms with van der Waals surface area (Å²) in [4.78, 5) is 62.1. The van der Waals surface area contributed by atoms with Crippen LogP contribution in [0, 0.1) is 51.8 Å². The van der Waals surface area contributed by atoms with Crippen LogP contribution in [0.15, 0.2) is 157 Å². The maximum Gasteiger partial charge on any atom is 0.437 e. The van der Waals surface area contributed by atoms with Gasteiger partial charge in [0.15, 0.2) is 36.5 Å². The van der Waals surface area contributed by atoms with Crippen molar-refractivity contribution in [3.05, 3.63) is 154 Å². The molecule has 1 heterocycles. The SMILES string of the molecule is CCC(C)(C)C(=O)OC(C)C(F)(F)S(=O)(=O)[O-].CCC(C)(C)C(=O)OC1(CC)CC2CC1C1C3CCC(C3)C21.CCC(C)(C)C(=O)Oc1ccc2sc(=O)oc2c1.CCC(C)c1ccc(COC(=O)C(O)(C(F)(F)F)C(F)(F)F)cc1.c1ccc([S+](c2ccccc2)c2ccccc2)cc1. The topological polar surface area (TPSA) is 213 Å². The van der Waals surface area contributed by atoms with Crippen LogP contribution >= 0.6 is 11.3 Å². The molecule has 14 nitrogen and oxygen atoms in total. The van der Waals surface area contributed by atoms with Crippen molar-refractivity contribution < 1.29 is 95.7 Å². The standard InChI is InChI=1S/C20H32O2.C18H15S.C15H16F6O3.C13H14O4S.C9H16F2O5S/c1-5-19(3,4)18(21)22-20(6-2)11-14-10-15(20)17-13-8-7-12(9-13)16(14)17;1-4-10-16(11-5-1)19(17-12-6-2-7-13-17)18-14-8-3-9-15-18;1-3-9(2)11-6-4-10(5-7-11)8-24-12(22)13(23,14(16,17)18)15(19,20)21;1-4-13(2,3)11(14)16-8-5-6-10-9(7-8)17-12(15)18-10;1-5-8(3,4)7(12)16-6(2)9(10,11)17(13,14)15/h12-17H,5-11H2,1-4H3;1-15H;4-7,9,23H,3,8H2,1-2H3;5-7H,4H2,1-3H3;6H,5H2,1-4H3,(H,13,14,15)/q;+1;;;/p-1. The molecule has 4 fully saturated rings.